The molecule has 0 radical (unpaired) electrons. The van der Waals surface area contributed by atoms with E-state index in [-0.39, 0.29) is 11.3 Å². The van der Waals surface area contributed by atoms with E-state index in [1.807, 2.05) is 13.0 Å². The van der Waals surface area contributed by atoms with Crippen molar-refractivity contribution in [2.45, 2.75) is 26.8 Å². The van der Waals surface area contributed by atoms with Gasteiger partial charge in [0.25, 0.3) is 11.7 Å². The van der Waals surface area contributed by atoms with E-state index in [1.54, 1.807) is 48.7 Å². The van der Waals surface area contributed by atoms with Gasteiger partial charge in [0.2, 0.25) is 0 Å². The maximum Gasteiger partial charge on any atom is 0.295 e. The van der Waals surface area contributed by atoms with Gasteiger partial charge in [-0.1, -0.05) is 6.07 Å². The second-order valence-electron chi connectivity index (χ2n) is 7.67. The molecule has 1 fully saturated rings. The number of ketones is 1. The number of benzene rings is 1. The van der Waals surface area contributed by atoms with Crippen molar-refractivity contribution >= 4 is 17.4 Å². The molecule has 1 saturated heterocycles. The fourth-order valence-electron chi connectivity index (χ4n) is 4.05. The number of nitrogens with zero attached hydrogens (tertiary/aromatic N) is 2. The predicted molar refractivity (Wildman–Crippen MR) is 118 cm³/mol. The molecule has 1 atom stereocenters. The van der Waals surface area contributed by atoms with Crippen LogP contribution in [-0.2, 0) is 9.59 Å². The first-order valence-electron chi connectivity index (χ1n) is 10.6. The lowest BCUT2D eigenvalue weighted by Crippen LogP contribution is -3.12. The predicted octanol–water partition coefficient (Wildman–Crippen LogP) is 1.75. The lowest BCUT2D eigenvalue weighted by atomic mass is 9.94. The fraction of sp³-hybridized carbons (Fsp3) is 0.375. The maximum atomic E-state index is 13.1. The van der Waals surface area contributed by atoms with Crippen LogP contribution in [0.25, 0.3) is 5.76 Å². The third-order valence-electron chi connectivity index (χ3n) is 5.94. The molecular formula is C24H30N3O4+. The van der Waals surface area contributed by atoms with Crippen LogP contribution in [0.4, 0.5) is 0 Å². The van der Waals surface area contributed by atoms with Crippen LogP contribution < -0.4 is 9.64 Å². The molecule has 0 bridgehead atoms. The Bertz CT molecular complexity index is 984. The van der Waals surface area contributed by atoms with Crippen LogP contribution in [0.2, 0.25) is 0 Å². The number of nitrogens with one attached hydrogen (secondary N) is 1. The first-order chi connectivity index (χ1) is 14.9. The highest BCUT2D eigenvalue weighted by molar-refractivity contribution is 6.46. The highest BCUT2D eigenvalue weighted by atomic mass is 16.5. The molecular weight excluding hydrogens is 394 g/mol. The number of aliphatic hydroxyl groups excluding tert-OH is 1. The molecule has 0 spiro atoms. The van der Waals surface area contributed by atoms with Gasteiger partial charge in [-0.3, -0.25) is 14.6 Å². The van der Waals surface area contributed by atoms with Crippen molar-refractivity contribution in [1.82, 2.24) is 9.88 Å². The number of methoxy groups -OCH3 is 1. The standard InChI is InChI=1S/C24H29N3O4/c1-5-26(6-2)12-13-27-21(17-8-7-11-25-15-17)20(23(29)24(27)30)22(28)19-10-9-18(31-4)14-16(19)3/h7-11,14-15,21,28H,5-6,12-13H2,1-4H3/p+1/b22-20+/t21-/m1/s1. The van der Waals surface area contributed by atoms with Crippen molar-refractivity contribution in [2.24, 2.45) is 0 Å². The molecule has 2 aromatic rings. The molecule has 1 aliphatic rings. The number of hydrogen-bond donors (Lipinski definition) is 2. The number of carbonyl (C=O) groups excluding carboxylic acids is 2. The van der Waals surface area contributed by atoms with Crippen molar-refractivity contribution in [3.8, 4) is 5.75 Å². The van der Waals surface area contributed by atoms with Crippen LogP contribution in [0, 0.1) is 6.92 Å². The Balaban J connectivity index is 2.10. The van der Waals surface area contributed by atoms with Crippen molar-refractivity contribution in [1.29, 1.82) is 0 Å². The number of carbonyl (C=O) groups is 2. The highest BCUT2D eigenvalue weighted by Crippen LogP contribution is 2.39. The summed E-state index contributed by atoms with van der Waals surface area (Å²) in [5.74, 6) is -0.783. The van der Waals surface area contributed by atoms with Gasteiger partial charge in [-0.05, 0) is 56.2 Å². The van der Waals surface area contributed by atoms with E-state index < -0.39 is 17.7 Å². The molecule has 0 saturated carbocycles. The van der Waals surface area contributed by atoms with Gasteiger partial charge < -0.3 is 19.6 Å². The number of amides is 1. The third-order valence-corrected chi connectivity index (χ3v) is 5.94. The summed E-state index contributed by atoms with van der Waals surface area (Å²) in [5, 5.41) is 11.2. The summed E-state index contributed by atoms with van der Waals surface area (Å²) in [7, 11) is 1.57. The number of likely N-dealkylation sites (tertiary alicyclic amines) is 1. The molecule has 1 aromatic heterocycles. The summed E-state index contributed by atoms with van der Waals surface area (Å²) in [4.78, 5) is 33.1. The van der Waals surface area contributed by atoms with Crippen molar-refractivity contribution in [2.75, 3.05) is 33.3 Å². The van der Waals surface area contributed by atoms with Crippen LogP contribution >= 0.6 is 0 Å². The summed E-state index contributed by atoms with van der Waals surface area (Å²) in [5.41, 5.74) is 2.05. The lowest BCUT2D eigenvalue weighted by molar-refractivity contribution is -0.895. The Morgan fingerprint density at radius 1 is 1.23 bits per heavy atom. The normalized spacial score (nSPS) is 18.1. The Kier molecular flexibility index (Phi) is 7.07. The van der Waals surface area contributed by atoms with Crippen LogP contribution in [-0.4, -0.2) is 60.0 Å². The van der Waals surface area contributed by atoms with Gasteiger partial charge in [0.05, 0.1) is 44.9 Å². The lowest BCUT2D eigenvalue weighted by Gasteiger charge is -2.26. The van der Waals surface area contributed by atoms with E-state index in [0.717, 1.165) is 25.2 Å². The Hall–Kier alpha value is -3.19. The minimum atomic E-state index is -0.676. The second-order valence-corrected chi connectivity index (χ2v) is 7.67. The molecule has 7 heteroatoms. The first-order valence-corrected chi connectivity index (χ1v) is 10.6. The number of likely N-dealkylation sites (N-methyl/N-ethyl adjacent to an activating group) is 1. The van der Waals surface area contributed by atoms with Crippen molar-refractivity contribution in [3.63, 3.8) is 0 Å². The van der Waals surface area contributed by atoms with Crippen molar-refractivity contribution in [3.05, 3.63) is 65.0 Å². The van der Waals surface area contributed by atoms with E-state index in [4.69, 9.17) is 4.74 Å². The smallest absolute Gasteiger partial charge is 0.295 e. The van der Waals surface area contributed by atoms with Gasteiger partial charge in [-0.2, -0.15) is 0 Å². The first kappa shape index (κ1) is 22.5. The number of Topliss-reactive ketones (excluding diaryl/α,β-unsaturated/α-hetero) is 1. The zero-order valence-corrected chi connectivity index (χ0v) is 18.5. The topological polar surface area (TPSA) is 84.2 Å². The number of rotatable bonds is 8. The minimum Gasteiger partial charge on any atom is -0.507 e. The number of quaternary nitrogens is 1. The molecule has 0 aliphatic carbocycles. The quantitative estimate of drug-likeness (QED) is 0.383. The highest BCUT2D eigenvalue weighted by Gasteiger charge is 2.46. The van der Waals surface area contributed by atoms with Crippen LogP contribution in [0.3, 0.4) is 0 Å². The van der Waals surface area contributed by atoms with Crippen LogP contribution in [0.5, 0.6) is 5.75 Å². The monoisotopic (exact) mass is 424 g/mol. The number of aryl methyl sites for hydroxylation is 1. The SMILES string of the molecule is CC[NH+](CC)CCN1C(=O)C(=O)/C(=C(/O)c2ccc(OC)cc2C)[C@H]1c1cccnc1. The summed E-state index contributed by atoms with van der Waals surface area (Å²) in [6, 6.07) is 8.13. The van der Waals surface area contributed by atoms with E-state index in [2.05, 4.69) is 18.8 Å². The number of aliphatic hydroxyl groups is 1. The molecule has 0 unspecified atom stereocenters. The van der Waals surface area contributed by atoms with Crippen LogP contribution in [0.1, 0.15) is 36.6 Å². The summed E-state index contributed by atoms with van der Waals surface area (Å²) in [6.07, 6.45) is 3.28. The summed E-state index contributed by atoms with van der Waals surface area (Å²) in [6.45, 7) is 9.02. The Morgan fingerprint density at radius 2 is 1.97 bits per heavy atom. The van der Waals surface area contributed by atoms with E-state index >= 15 is 0 Å². The van der Waals surface area contributed by atoms with E-state index in [9.17, 15) is 14.7 Å². The average Bonchev–Trinajstić information content (AvgIpc) is 3.04. The largest absolute Gasteiger partial charge is 0.507 e. The zero-order valence-electron chi connectivity index (χ0n) is 18.5. The summed E-state index contributed by atoms with van der Waals surface area (Å²) >= 11 is 0. The molecule has 3 rings (SSSR count). The Labute approximate surface area is 183 Å². The molecule has 31 heavy (non-hydrogen) atoms. The van der Waals surface area contributed by atoms with Gasteiger partial charge in [-0.25, -0.2) is 0 Å². The molecule has 1 aromatic carbocycles. The number of pyridine rings is 1. The molecule has 2 N–H and O–H groups in total. The Morgan fingerprint density at radius 3 is 2.55 bits per heavy atom. The van der Waals surface area contributed by atoms with E-state index in [0.29, 0.717) is 23.4 Å². The van der Waals surface area contributed by atoms with Gasteiger partial charge in [0.1, 0.15) is 11.5 Å². The molecule has 1 aliphatic heterocycles. The summed E-state index contributed by atoms with van der Waals surface area (Å²) < 4.78 is 5.24. The van der Waals surface area contributed by atoms with Crippen molar-refractivity contribution < 1.29 is 24.3 Å². The number of aromatic nitrogens is 1. The number of ether oxygens (including phenoxy) is 1. The van der Waals surface area contributed by atoms with Gasteiger partial charge in [0, 0.05) is 18.0 Å². The van der Waals surface area contributed by atoms with Gasteiger partial charge >= 0.3 is 0 Å². The second kappa shape index (κ2) is 9.75. The minimum absolute atomic E-state index is 0.0980. The van der Waals surface area contributed by atoms with Gasteiger partial charge in [0.15, 0.2) is 0 Å². The third kappa shape index (κ3) is 4.46. The fourth-order valence-corrected chi connectivity index (χ4v) is 4.05. The molecule has 1 amide bonds. The molecule has 2 heterocycles. The number of hydrogen-bond acceptors (Lipinski definition) is 5. The average molecular weight is 425 g/mol. The maximum absolute atomic E-state index is 13.1. The molecule has 7 nitrogen and oxygen atoms in total. The van der Waals surface area contributed by atoms with Gasteiger partial charge in [-0.15, -0.1) is 0 Å². The van der Waals surface area contributed by atoms with E-state index in [1.165, 1.54) is 4.90 Å². The van der Waals surface area contributed by atoms with Crippen LogP contribution in [0.15, 0.2) is 48.3 Å². The zero-order chi connectivity index (χ0) is 22.5. The molecule has 164 valence electrons.